The highest BCUT2D eigenvalue weighted by molar-refractivity contribution is 5.89. The summed E-state index contributed by atoms with van der Waals surface area (Å²) >= 11 is 0. The Hall–Kier alpha value is -4.73. The standard InChI is InChI=1S/C28H29NO4.C4H4O4/c30-23(12-7-16-29-17-15-21-8-3-1-4-9-21)20-32-24-13-14-25-26(31)19-27(33-28(25)18-24)22-10-5-2-6-11-22;5-3(6)1-2-4(7)8/h1-6,8-11,13-14,18-19,23,29-30H,7,12,15-17,20H2;1-2H,(H,5,6)(H,7,8)/b;2-1-. The molecule has 214 valence electrons. The van der Waals surface area contributed by atoms with Crippen molar-refractivity contribution in [3.05, 3.63) is 113 Å². The Morgan fingerprint density at radius 1 is 0.878 bits per heavy atom. The lowest BCUT2D eigenvalue weighted by molar-refractivity contribution is -0.134. The molecule has 1 atom stereocenters. The SMILES string of the molecule is O=C(O)/C=C\C(=O)O.O=c1cc(-c2ccccc2)oc2cc(OCC(O)CCCNCCc3ccccc3)ccc12. The molecule has 1 heterocycles. The number of carbonyl (C=O) groups is 2. The largest absolute Gasteiger partial charge is 0.491 e. The molecule has 1 unspecified atom stereocenters. The van der Waals surface area contributed by atoms with Gasteiger partial charge >= 0.3 is 11.9 Å². The van der Waals surface area contributed by atoms with Crippen molar-refractivity contribution in [1.82, 2.24) is 5.32 Å². The van der Waals surface area contributed by atoms with Gasteiger partial charge in [-0.05, 0) is 50.0 Å². The van der Waals surface area contributed by atoms with Crippen LogP contribution in [0.15, 0.2) is 106 Å². The number of carboxylic acids is 2. The molecule has 4 aromatic rings. The Morgan fingerprint density at radius 3 is 2.20 bits per heavy atom. The highest BCUT2D eigenvalue weighted by atomic mass is 16.5. The maximum absolute atomic E-state index is 12.5. The third-order valence-corrected chi connectivity index (χ3v) is 5.89. The molecule has 0 aliphatic carbocycles. The van der Waals surface area contributed by atoms with Crippen LogP contribution in [0.25, 0.3) is 22.3 Å². The zero-order chi connectivity index (χ0) is 29.5. The van der Waals surface area contributed by atoms with E-state index in [2.05, 4.69) is 29.6 Å². The summed E-state index contributed by atoms with van der Waals surface area (Å²) < 4.78 is 11.7. The number of fused-ring (bicyclic) bond motifs is 1. The van der Waals surface area contributed by atoms with E-state index in [1.54, 1.807) is 18.2 Å². The predicted octanol–water partition coefficient (Wildman–Crippen LogP) is 4.52. The van der Waals surface area contributed by atoms with Crippen molar-refractivity contribution in [2.24, 2.45) is 0 Å². The fraction of sp³-hybridized carbons (Fsp3) is 0.219. The van der Waals surface area contributed by atoms with Gasteiger partial charge in [0.15, 0.2) is 5.43 Å². The topological polar surface area (TPSA) is 146 Å². The van der Waals surface area contributed by atoms with Crippen molar-refractivity contribution in [1.29, 1.82) is 0 Å². The molecule has 9 nitrogen and oxygen atoms in total. The summed E-state index contributed by atoms with van der Waals surface area (Å²) in [7, 11) is 0. The van der Waals surface area contributed by atoms with Gasteiger partial charge in [0.05, 0.1) is 11.5 Å². The molecule has 3 aromatic carbocycles. The third kappa shape index (κ3) is 11.1. The highest BCUT2D eigenvalue weighted by Crippen LogP contribution is 2.25. The van der Waals surface area contributed by atoms with E-state index in [0.717, 1.165) is 31.5 Å². The van der Waals surface area contributed by atoms with E-state index in [0.29, 0.717) is 41.1 Å². The Kier molecular flexibility index (Phi) is 12.3. The smallest absolute Gasteiger partial charge is 0.328 e. The Bertz CT molecular complexity index is 1470. The zero-order valence-corrected chi connectivity index (χ0v) is 22.4. The maximum atomic E-state index is 12.5. The molecule has 0 spiro atoms. The first-order chi connectivity index (χ1) is 19.8. The van der Waals surface area contributed by atoms with Crippen LogP contribution < -0.4 is 15.5 Å². The molecule has 1 aromatic heterocycles. The minimum atomic E-state index is -1.26. The second-order valence-corrected chi connectivity index (χ2v) is 9.10. The van der Waals surface area contributed by atoms with Gasteiger partial charge in [0, 0.05) is 29.8 Å². The van der Waals surface area contributed by atoms with Crippen LogP contribution in [0.1, 0.15) is 18.4 Å². The van der Waals surface area contributed by atoms with Gasteiger partial charge in [-0.2, -0.15) is 0 Å². The molecule has 0 aliphatic heterocycles. The molecule has 0 saturated carbocycles. The van der Waals surface area contributed by atoms with Crippen molar-refractivity contribution in [3.63, 3.8) is 0 Å². The van der Waals surface area contributed by atoms with Crippen molar-refractivity contribution in [2.75, 3.05) is 19.7 Å². The molecular weight excluding hydrogens is 526 g/mol. The monoisotopic (exact) mass is 559 g/mol. The van der Waals surface area contributed by atoms with E-state index in [1.807, 2.05) is 36.4 Å². The number of nitrogens with one attached hydrogen (secondary N) is 1. The van der Waals surface area contributed by atoms with Crippen LogP contribution in [-0.2, 0) is 16.0 Å². The Labute approximate surface area is 237 Å². The van der Waals surface area contributed by atoms with Gasteiger partial charge in [0.1, 0.15) is 23.7 Å². The van der Waals surface area contributed by atoms with E-state index in [4.69, 9.17) is 19.4 Å². The minimum absolute atomic E-state index is 0.0959. The predicted molar refractivity (Wildman–Crippen MR) is 156 cm³/mol. The van der Waals surface area contributed by atoms with E-state index in [9.17, 15) is 19.5 Å². The van der Waals surface area contributed by atoms with E-state index >= 15 is 0 Å². The average Bonchev–Trinajstić information content (AvgIpc) is 2.98. The minimum Gasteiger partial charge on any atom is -0.491 e. The van der Waals surface area contributed by atoms with Gasteiger partial charge < -0.3 is 29.8 Å². The van der Waals surface area contributed by atoms with E-state index < -0.39 is 18.0 Å². The van der Waals surface area contributed by atoms with Crippen LogP contribution in [0.4, 0.5) is 0 Å². The van der Waals surface area contributed by atoms with Crippen molar-refractivity contribution >= 4 is 22.9 Å². The van der Waals surface area contributed by atoms with Crippen LogP contribution >= 0.6 is 0 Å². The van der Waals surface area contributed by atoms with Gasteiger partial charge in [-0.3, -0.25) is 4.79 Å². The lowest BCUT2D eigenvalue weighted by Crippen LogP contribution is -2.22. The van der Waals surface area contributed by atoms with Gasteiger partial charge in [-0.15, -0.1) is 0 Å². The lowest BCUT2D eigenvalue weighted by atomic mass is 10.1. The molecule has 4 rings (SSSR count). The van der Waals surface area contributed by atoms with Gasteiger partial charge in [-0.25, -0.2) is 9.59 Å². The second-order valence-electron chi connectivity index (χ2n) is 9.10. The first-order valence-corrected chi connectivity index (χ1v) is 13.1. The fourth-order valence-electron chi connectivity index (χ4n) is 3.85. The zero-order valence-electron chi connectivity index (χ0n) is 22.4. The number of ether oxygens (including phenoxy) is 1. The number of rotatable bonds is 13. The Morgan fingerprint density at radius 2 is 1.54 bits per heavy atom. The molecule has 41 heavy (non-hydrogen) atoms. The third-order valence-electron chi connectivity index (χ3n) is 5.89. The van der Waals surface area contributed by atoms with Crippen LogP contribution in [-0.4, -0.2) is 53.1 Å². The first kappa shape index (κ1) is 30.8. The quantitative estimate of drug-likeness (QED) is 0.137. The van der Waals surface area contributed by atoms with Crippen LogP contribution in [0.2, 0.25) is 0 Å². The maximum Gasteiger partial charge on any atom is 0.328 e. The molecule has 0 amide bonds. The van der Waals surface area contributed by atoms with Gasteiger partial charge in [0.25, 0.3) is 0 Å². The number of aliphatic hydroxyl groups excluding tert-OH is 1. The summed E-state index contributed by atoms with van der Waals surface area (Å²) in [6.45, 7) is 1.97. The summed E-state index contributed by atoms with van der Waals surface area (Å²) in [6.07, 6.45) is 3.08. The molecular formula is C32H33NO8. The lowest BCUT2D eigenvalue weighted by Gasteiger charge is -2.13. The molecule has 0 aliphatic rings. The van der Waals surface area contributed by atoms with Crippen LogP contribution in [0.3, 0.4) is 0 Å². The molecule has 0 fully saturated rings. The molecule has 9 heteroatoms. The van der Waals surface area contributed by atoms with Gasteiger partial charge in [0.2, 0.25) is 0 Å². The van der Waals surface area contributed by atoms with E-state index in [-0.39, 0.29) is 12.0 Å². The summed E-state index contributed by atoms with van der Waals surface area (Å²) in [6, 6.07) is 26.6. The number of benzene rings is 3. The Balaban J connectivity index is 0.000000507. The van der Waals surface area contributed by atoms with Crippen molar-refractivity contribution < 1.29 is 34.1 Å². The molecule has 4 N–H and O–H groups in total. The summed E-state index contributed by atoms with van der Waals surface area (Å²) in [5.41, 5.74) is 2.54. The van der Waals surface area contributed by atoms with E-state index in [1.165, 1.54) is 11.6 Å². The first-order valence-electron chi connectivity index (χ1n) is 13.1. The fourth-order valence-corrected chi connectivity index (χ4v) is 3.85. The molecule has 0 saturated heterocycles. The highest BCUT2D eigenvalue weighted by Gasteiger charge is 2.10. The molecule has 0 bridgehead atoms. The van der Waals surface area contributed by atoms with Crippen LogP contribution in [0, 0.1) is 0 Å². The van der Waals surface area contributed by atoms with Crippen LogP contribution in [0.5, 0.6) is 5.75 Å². The summed E-state index contributed by atoms with van der Waals surface area (Å²) in [4.78, 5) is 31.6. The number of aliphatic hydroxyl groups is 1. The number of carboxylic acid groups (broad SMARTS) is 2. The van der Waals surface area contributed by atoms with Crippen molar-refractivity contribution in [3.8, 4) is 17.1 Å². The number of aliphatic carboxylic acids is 2. The number of hydrogen-bond donors (Lipinski definition) is 4. The van der Waals surface area contributed by atoms with Gasteiger partial charge in [-0.1, -0.05) is 60.7 Å². The normalized spacial score (nSPS) is 11.5. The summed E-state index contributed by atoms with van der Waals surface area (Å²) in [5, 5.41) is 29.8. The second kappa shape index (κ2) is 16.4. The van der Waals surface area contributed by atoms with Crippen molar-refractivity contribution in [2.45, 2.75) is 25.4 Å². The molecule has 0 radical (unpaired) electrons. The summed E-state index contributed by atoms with van der Waals surface area (Å²) in [5.74, 6) is -1.43. The number of hydrogen-bond acceptors (Lipinski definition) is 7. The average molecular weight is 560 g/mol.